The molecule has 1 aromatic carbocycles. The van der Waals surface area contributed by atoms with Crippen molar-refractivity contribution in [2.45, 2.75) is 38.8 Å². The lowest BCUT2D eigenvalue weighted by Crippen LogP contribution is -2.42. The predicted octanol–water partition coefficient (Wildman–Crippen LogP) is 2.94. The SMILES string of the molecule is Cc1ccc([C@@H]2OCCC[C@@H]2NC(=O)c2cc(C)no2)cc1. The summed E-state index contributed by atoms with van der Waals surface area (Å²) in [6.07, 6.45) is 1.70. The minimum absolute atomic E-state index is 0.0608. The van der Waals surface area contributed by atoms with Crippen molar-refractivity contribution in [3.63, 3.8) is 0 Å². The van der Waals surface area contributed by atoms with Crippen LogP contribution in [0.25, 0.3) is 0 Å². The highest BCUT2D eigenvalue weighted by molar-refractivity contribution is 5.91. The minimum atomic E-state index is -0.242. The molecule has 1 amide bonds. The van der Waals surface area contributed by atoms with Crippen LogP contribution in [0.2, 0.25) is 0 Å². The second-order valence-corrected chi connectivity index (χ2v) is 5.76. The lowest BCUT2D eigenvalue weighted by Gasteiger charge is -2.32. The number of nitrogens with zero attached hydrogens (tertiary/aromatic N) is 1. The van der Waals surface area contributed by atoms with Crippen molar-refractivity contribution in [2.75, 3.05) is 6.61 Å². The van der Waals surface area contributed by atoms with Crippen LogP contribution in [-0.4, -0.2) is 23.7 Å². The molecule has 5 nitrogen and oxygen atoms in total. The van der Waals surface area contributed by atoms with E-state index in [1.165, 1.54) is 5.56 Å². The third kappa shape index (κ3) is 3.20. The Morgan fingerprint density at radius 3 is 2.73 bits per heavy atom. The first kappa shape index (κ1) is 14.8. The Morgan fingerprint density at radius 1 is 1.27 bits per heavy atom. The molecule has 1 aromatic heterocycles. The van der Waals surface area contributed by atoms with E-state index in [0.717, 1.165) is 18.4 Å². The molecule has 0 saturated carbocycles. The Bertz CT molecular complexity index is 648. The monoisotopic (exact) mass is 300 g/mol. The first-order chi connectivity index (χ1) is 10.6. The van der Waals surface area contributed by atoms with Crippen LogP contribution in [0.3, 0.4) is 0 Å². The summed E-state index contributed by atoms with van der Waals surface area (Å²) in [6, 6.07) is 9.82. The zero-order valence-electron chi connectivity index (χ0n) is 12.8. The summed E-state index contributed by atoms with van der Waals surface area (Å²) in [4.78, 5) is 12.3. The molecular weight excluding hydrogens is 280 g/mol. The van der Waals surface area contributed by atoms with Gasteiger partial charge in [0.15, 0.2) is 0 Å². The maximum Gasteiger partial charge on any atom is 0.290 e. The zero-order chi connectivity index (χ0) is 15.5. The third-order valence-corrected chi connectivity index (χ3v) is 3.90. The molecule has 0 spiro atoms. The van der Waals surface area contributed by atoms with Crippen LogP contribution >= 0.6 is 0 Å². The fourth-order valence-electron chi connectivity index (χ4n) is 2.72. The Morgan fingerprint density at radius 2 is 2.05 bits per heavy atom. The van der Waals surface area contributed by atoms with Gasteiger partial charge < -0.3 is 14.6 Å². The number of aryl methyl sites for hydroxylation is 2. The number of carbonyl (C=O) groups is 1. The van der Waals surface area contributed by atoms with E-state index in [9.17, 15) is 4.79 Å². The normalized spacial score (nSPS) is 21.5. The van der Waals surface area contributed by atoms with Crippen LogP contribution in [0.4, 0.5) is 0 Å². The average Bonchev–Trinajstić information content (AvgIpc) is 2.95. The standard InChI is InChI=1S/C17H20N2O3/c1-11-5-7-13(8-6-11)16-14(4-3-9-21-16)18-17(20)15-10-12(2)19-22-15/h5-8,10,14,16H,3-4,9H2,1-2H3,(H,18,20)/t14-,16-/m0/s1. The molecule has 1 saturated heterocycles. The first-order valence-electron chi connectivity index (χ1n) is 7.56. The minimum Gasteiger partial charge on any atom is -0.371 e. The Kier molecular flexibility index (Phi) is 4.24. The van der Waals surface area contributed by atoms with Gasteiger partial charge in [-0.1, -0.05) is 35.0 Å². The van der Waals surface area contributed by atoms with Gasteiger partial charge in [-0.2, -0.15) is 0 Å². The number of hydrogen-bond donors (Lipinski definition) is 1. The Hall–Kier alpha value is -2.14. The summed E-state index contributed by atoms with van der Waals surface area (Å²) in [7, 11) is 0. The lowest BCUT2D eigenvalue weighted by molar-refractivity contribution is -0.00979. The fourth-order valence-corrected chi connectivity index (χ4v) is 2.72. The van der Waals surface area contributed by atoms with Gasteiger partial charge in [0.05, 0.1) is 11.7 Å². The van der Waals surface area contributed by atoms with Gasteiger partial charge in [-0.15, -0.1) is 0 Å². The van der Waals surface area contributed by atoms with E-state index in [0.29, 0.717) is 12.3 Å². The molecule has 1 aliphatic heterocycles. The molecular formula is C17H20N2O3. The molecule has 1 fully saturated rings. The van der Waals surface area contributed by atoms with Gasteiger partial charge in [-0.3, -0.25) is 4.79 Å². The summed E-state index contributed by atoms with van der Waals surface area (Å²) < 4.78 is 10.9. The van der Waals surface area contributed by atoms with Gasteiger partial charge in [-0.05, 0) is 32.3 Å². The molecule has 1 N–H and O–H groups in total. The number of benzene rings is 1. The highest BCUT2D eigenvalue weighted by Crippen LogP contribution is 2.29. The van der Waals surface area contributed by atoms with Crippen LogP contribution in [0.5, 0.6) is 0 Å². The molecule has 0 radical (unpaired) electrons. The van der Waals surface area contributed by atoms with E-state index in [2.05, 4.69) is 41.7 Å². The fraction of sp³-hybridized carbons (Fsp3) is 0.412. The Labute approximate surface area is 129 Å². The molecule has 2 heterocycles. The second-order valence-electron chi connectivity index (χ2n) is 5.76. The van der Waals surface area contributed by atoms with Gasteiger partial charge in [0.1, 0.15) is 6.10 Å². The van der Waals surface area contributed by atoms with Crippen LogP contribution < -0.4 is 5.32 Å². The molecule has 22 heavy (non-hydrogen) atoms. The topological polar surface area (TPSA) is 64.4 Å². The van der Waals surface area contributed by atoms with E-state index in [4.69, 9.17) is 9.26 Å². The third-order valence-electron chi connectivity index (χ3n) is 3.90. The van der Waals surface area contributed by atoms with E-state index in [1.807, 2.05) is 0 Å². The Balaban J connectivity index is 1.75. The lowest BCUT2D eigenvalue weighted by atomic mass is 9.95. The summed E-state index contributed by atoms with van der Waals surface area (Å²) in [5, 5.41) is 6.76. The van der Waals surface area contributed by atoms with E-state index >= 15 is 0 Å². The zero-order valence-corrected chi connectivity index (χ0v) is 12.8. The van der Waals surface area contributed by atoms with Gasteiger partial charge in [0.25, 0.3) is 5.91 Å². The number of aromatic nitrogens is 1. The molecule has 2 aromatic rings. The summed E-state index contributed by atoms with van der Waals surface area (Å²) in [6.45, 7) is 4.56. The van der Waals surface area contributed by atoms with E-state index in [1.54, 1.807) is 13.0 Å². The van der Waals surface area contributed by atoms with Crippen LogP contribution in [0, 0.1) is 13.8 Å². The molecule has 1 aliphatic rings. The average molecular weight is 300 g/mol. The van der Waals surface area contributed by atoms with Crippen molar-refractivity contribution in [3.8, 4) is 0 Å². The van der Waals surface area contributed by atoms with Crippen molar-refractivity contribution >= 4 is 5.91 Å². The number of nitrogens with one attached hydrogen (secondary N) is 1. The first-order valence-corrected chi connectivity index (χ1v) is 7.56. The number of amides is 1. The molecule has 0 unspecified atom stereocenters. The van der Waals surface area contributed by atoms with Gasteiger partial charge >= 0.3 is 0 Å². The van der Waals surface area contributed by atoms with Crippen molar-refractivity contribution in [1.29, 1.82) is 0 Å². The van der Waals surface area contributed by atoms with Crippen molar-refractivity contribution in [1.82, 2.24) is 10.5 Å². The van der Waals surface area contributed by atoms with Crippen molar-refractivity contribution in [2.24, 2.45) is 0 Å². The molecule has 116 valence electrons. The number of carbonyl (C=O) groups excluding carboxylic acids is 1. The quantitative estimate of drug-likeness (QED) is 0.946. The number of hydrogen-bond acceptors (Lipinski definition) is 4. The molecule has 5 heteroatoms. The van der Waals surface area contributed by atoms with Crippen molar-refractivity contribution < 1.29 is 14.1 Å². The van der Waals surface area contributed by atoms with E-state index in [-0.39, 0.29) is 23.8 Å². The smallest absolute Gasteiger partial charge is 0.290 e. The molecule has 0 aliphatic carbocycles. The maximum atomic E-state index is 12.3. The largest absolute Gasteiger partial charge is 0.371 e. The molecule has 2 atom stereocenters. The van der Waals surface area contributed by atoms with Crippen LogP contribution in [0.15, 0.2) is 34.9 Å². The van der Waals surface area contributed by atoms with Crippen molar-refractivity contribution in [3.05, 3.63) is 52.9 Å². The predicted molar refractivity (Wildman–Crippen MR) is 81.6 cm³/mol. The molecule has 0 bridgehead atoms. The van der Waals surface area contributed by atoms with Gasteiger partial charge in [-0.25, -0.2) is 0 Å². The van der Waals surface area contributed by atoms with Crippen LogP contribution in [-0.2, 0) is 4.74 Å². The van der Waals surface area contributed by atoms with Crippen LogP contribution in [0.1, 0.15) is 46.3 Å². The summed E-state index contributed by atoms with van der Waals surface area (Å²) in [5.41, 5.74) is 2.99. The summed E-state index contributed by atoms with van der Waals surface area (Å²) >= 11 is 0. The second kappa shape index (κ2) is 6.32. The summed E-state index contributed by atoms with van der Waals surface area (Å²) in [5.74, 6) is -0.000980. The highest BCUT2D eigenvalue weighted by Gasteiger charge is 2.29. The molecule has 3 rings (SSSR count). The maximum absolute atomic E-state index is 12.3. The highest BCUT2D eigenvalue weighted by atomic mass is 16.5. The van der Waals surface area contributed by atoms with Gasteiger partial charge in [0, 0.05) is 12.7 Å². The van der Waals surface area contributed by atoms with E-state index < -0.39 is 0 Å². The number of ether oxygens (including phenoxy) is 1. The number of rotatable bonds is 3. The van der Waals surface area contributed by atoms with Gasteiger partial charge in [0.2, 0.25) is 5.76 Å².